The number of anilines is 1. The van der Waals surface area contributed by atoms with Crippen LogP contribution in [0.25, 0.3) is 0 Å². The van der Waals surface area contributed by atoms with E-state index in [0.717, 1.165) is 0 Å². The molecule has 0 amide bonds. The van der Waals surface area contributed by atoms with Crippen molar-refractivity contribution in [3.8, 4) is 17.2 Å². The van der Waals surface area contributed by atoms with E-state index in [0.29, 0.717) is 17.2 Å². The molecule has 1 aliphatic rings. The highest BCUT2D eigenvalue weighted by Gasteiger charge is 2.20. The predicted octanol–water partition coefficient (Wildman–Crippen LogP) is 1.92. The van der Waals surface area contributed by atoms with Gasteiger partial charge in [-0.05, 0) is 24.3 Å². The maximum atomic E-state index is 12.2. The predicted molar refractivity (Wildman–Crippen MR) is 71.5 cm³/mol. The summed E-state index contributed by atoms with van der Waals surface area (Å²) in [6.07, 6.45) is 0. The van der Waals surface area contributed by atoms with Gasteiger partial charge >= 0.3 is 0 Å². The van der Waals surface area contributed by atoms with Gasteiger partial charge in [0.25, 0.3) is 10.0 Å². The molecule has 1 heterocycles. The molecule has 2 aromatic rings. The molecule has 0 fully saturated rings. The van der Waals surface area contributed by atoms with Gasteiger partial charge in [0, 0.05) is 6.07 Å². The normalized spacial score (nSPS) is 13.2. The second-order valence-electron chi connectivity index (χ2n) is 4.14. The molecule has 3 rings (SSSR count). The lowest BCUT2D eigenvalue weighted by atomic mass is 10.3. The SMILES string of the molecule is O=S(=O)(Nc1ccc2c(c1)OCO2)c1ccccc1O. The van der Waals surface area contributed by atoms with Crippen LogP contribution in [0.5, 0.6) is 17.2 Å². The summed E-state index contributed by atoms with van der Waals surface area (Å²) in [7, 11) is -3.86. The number of phenols is 1. The van der Waals surface area contributed by atoms with Crippen LogP contribution in [0.3, 0.4) is 0 Å². The number of hydrogen-bond donors (Lipinski definition) is 2. The Bertz CT molecular complexity index is 757. The second kappa shape index (κ2) is 4.61. The van der Waals surface area contributed by atoms with Crippen LogP contribution >= 0.6 is 0 Å². The Morgan fingerprint density at radius 1 is 1.05 bits per heavy atom. The summed E-state index contributed by atoms with van der Waals surface area (Å²) in [5.74, 6) is 0.735. The molecule has 0 saturated carbocycles. The van der Waals surface area contributed by atoms with Gasteiger partial charge in [0.2, 0.25) is 6.79 Å². The Hall–Kier alpha value is -2.41. The van der Waals surface area contributed by atoms with Crippen LogP contribution in [-0.4, -0.2) is 20.3 Å². The van der Waals surface area contributed by atoms with Crippen molar-refractivity contribution in [3.05, 3.63) is 42.5 Å². The van der Waals surface area contributed by atoms with Gasteiger partial charge in [0.1, 0.15) is 10.6 Å². The smallest absolute Gasteiger partial charge is 0.265 e. The van der Waals surface area contributed by atoms with E-state index in [4.69, 9.17) is 9.47 Å². The average molecular weight is 293 g/mol. The Morgan fingerprint density at radius 3 is 2.60 bits per heavy atom. The van der Waals surface area contributed by atoms with Crippen molar-refractivity contribution in [2.24, 2.45) is 0 Å². The first-order chi connectivity index (χ1) is 9.56. The molecule has 0 unspecified atom stereocenters. The van der Waals surface area contributed by atoms with Gasteiger partial charge in [-0.1, -0.05) is 12.1 Å². The van der Waals surface area contributed by atoms with Gasteiger partial charge in [-0.2, -0.15) is 0 Å². The number of para-hydroxylation sites is 1. The third kappa shape index (κ3) is 2.23. The van der Waals surface area contributed by atoms with Gasteiger partial charge in [-0.15, -0.1) is 0 Å². The summed E-state index contributed by atoms with van der Waals surface area (Å²) in [6, 6.07) is 10.4. The molecule has 7 heteroatoms. The summed E-state index contributed by atoms with van der Waals surface area (Å²) in [5.41, 5.74) is 0.331. The third-order valence-electron chi connectivity index (χ3n) is 2.78. The molecule has 0 spiro atoms. The van der Waals surface area contributed by atoms with Crippen LogP contribution in [-0.2, 0) is 10.0 Å². The first kappa shape index (κ1) is 12.6. The molecule has 0 saturated heterocycles. The highest BCUT2D eigenvalue weighted by Crippen LogP contribution is 2.35. The van der Waals surface area contributed by atoms with Crippen LogP contribution in [0.4, 0.5) is 5.69 Å². The van der Waals surface area contributed by atoms with Crippen LogP contribution < -0.4 is 14.2 Å². The summed E-state index contributed by atoms with van der Waals surface area (Å²) in [6.45, 7) is 0.116. The van der Waals surface area contributed by atoms with E-state index < -0.39 is 10.0 Å². The van der Waals surface area contributed by atoms with Crippen molar-refractivity contribution in [3.63, 3.8) is 0 Å². The third-order valence-corrected chi connectivity index (χ3v) is 4.21. The van der Waals surface area contributed by atoms with Crippen LogP contribution in [0.15, 0.2) is 47.4 Å². The van der Waals surface area contributed by atoms with E-state index >= 15 is 0 Å². The van der Waals surface area contributed by atoms with Crippen LogP contribution in [0.1, 0.15) is 0 Å². The molecule has 0 aliphatic carbocycles. The van der Waals surface area contributed by atoms with E-state index in [1.165, 1.54) is 24.3 Å². The van der Waals surface area contributed by atoms with Crippen molar-refractivity contribution in [2.45, 2.75) is 4.90 Å². The fraction of sp³-hybridized carbons (Fsp3) is 0.0769. The summed E-state index contributed by atoms with van der Waals surface area (Å²) in [5, 5.41) is 9.62. The molecule has 0 atom stereocenters. The first-order valence-corrected chi connectivity index (χ1v) is 7.25. The Morgan fingerprint density at radius 2 is 1.80 bits per heavy atom. The zero-order valence-electron chi connectivity index (χ0n) is 10.2. The van der Waals surface area contributed by atoms with E-state index in [2.05, 4.69) is 4.72 Å². The Balaban J connectivity index is 1.93. The number of hydrogen-bond acceptors (Lipinski definition) is 5. The summed E-state index contributed by atoms with van der Waals surface area (Å²) >= 11 is 0. The fourth-order valence-electron chi connectivity index (χ4n) is 1.85. The fourth-order valence-corrected chi connectivity index (χ4v) is 3.00. The van der Waals surface area contributed by atoms with Crippen molar-refractivity contribution in [1.82, 2.24) is 0 Å². The van der Waals surface area contributed by atoms with Crippen molar-refractivity contribution in [1.29, 1.82) is 0 Å². The zero-order chi connectivity index (χ0) is 14.2. The quantitative estimate of drug-likeness (QED) is 0.903. The van der Waals surface area contributed by atoms with E-state index in [-0.39, 0.29) is 17.4 Å². The molecular weight excluding hydrogens is 282 g/mol. The minimum absolute atomic E-state index is 0.116. The van der Waals surface area contributed by atoms with E-state index in [9.17, 15) is 13.5 Å². The molecule has 0 bridgehead atoms. The van der Waals surface area contributed by atoms with Gasteiger partial charge in [-0.3, -0.25) is 4.72 Å². The Labute approximate surface area is 115 Å². The number of phenolic OH excluding ortho intramolecular Hbond substituents is 1. The molecule has 0 radical (unpaired) electrons. The molecule has 1 aliphatic heterocycles. The minimum Gasteiger partial charge on any atom is -0.507 e. The van der Waals surface area contributed by atoms with Crippen molar-refractivity contribution >= 4 is 15.7 Å². The number of fused-ring (bicyclic) bond motifs is 1. The highest BCUT2D eigenvalue weighted by atomic mass is 32.2. The number of ether oxygens (including phenoxy) is 2. The minimum atomic E-state index is -3.86. The van der Waals surface area contributed by atoms with Crippen LogP contribution in [0, 0.1) is 0 Å². The molecule has 6 nitrogen and oxygen atoms in total. The van der Waals surface area contributed by atoms with E-state index in [1.54, 1.807) is 18.2 Å². The maximum absolute atomic E-state index is 12.2. The molecule has 2 aromatic carbocycles. The van der Waals surface area contributed by atoms with Gasteiger partial charge < -0.3 is 14.6 Å². The van der Waals surface area contributed by atoms with Crippen molar-refractivity contribution in [2.75, 3.05) is 11.5 Å². The standard InChI is InChI=1S/C13H11NO5S/c15-10-3-1-2-4-13(10)20(16,17)14-9-5-6-11-12(7-9)19-8-18-11/h1-7,14-15H,8H2. The van der Waals surface area contributed by atoms with Gasteiger partial charge in [0.05, 0.1) is 5.69 Å². The van der Waals surface area contributed by atoms with Gasteiger partial charge in [0.15, 0.2) is 11.5 Å². The average Bonchev–Trinajstić information content (AvgIpc) is 2.86. The lowest BCUT2D eigenvalue weighted by molar-refractivity contribution is 0.174. The molecule has 0 aromatic heterocycles. The lowest BCUT2D eigenvalue weighted by Gasteiger charge is -2.09. The summed E-state index contributed by atoms with van der Waals surface area (Å²) < 4.78 is 37.1. The van der Waals surface area contributed by atoms with E-state index in [1.807, 2.05) is 0 Å². The topological polar surface area (TPSA) is 84.9 Å². The maximum Gasteiger partial charge on any atom is 0.265 e. The van der Waals surface area contributed by atoms with Gasteiger partial charge in [-0.25, -0.2) is 8.42 Å². The monoisotopic (exact) mass is 293 g/mol. The number of nitrogens with one attached hydrogen (secondary N) is 1. The molecule has 2 N–H and O–H groups in total. The molecular formula is C13H11NO5S. The number of sulfonamides is 1. The van der Waals surface area contributed by atoms with Crippen LogP contribution in [0.2, 0.25) is 0 Å². The lowest BCUT2D eigenvalue weighted by Crippen LogP contribution is -2.12. The highest BCUT2D eigenvalue weighted by molar-refractivity contribution is 7.92. The number of benzene rings is 2. The largest absolute Gasteiger partial charge is 0.507 e. The van der Waals surface area contributed by atoms with Crippen molar-refractivity contribution < 1.29 is 23.0 Å². The number of rotatable bonds is 3. The second-order valence-corrected chi connectivity index (χ2v) is 5.79. The summed E-state index contributed by atoms with van der Waals surface area (Å²) in [4.78, 5) is -0.183. The first-order valence-electron chi connectivity index (χ1n) is 5.77. The number of aromatic hydroxyl groups is 1. The molecule has 104 valence electrons. The molecule has 20 heavy (non-hydrogen) atoms. The Kier molecular flexibility index (Phi) is 2.90. The zero-order valence-corrected chi connectivity index (χ0v) is 11.1.